The maximum atomic E-state index is 15.0. The average Bonchev–Trinajstić information content (AvgIpc) is 1.13. The fourth-order valence-electron chi connectivity index (χ4n) is 12.9. The largest absolute Gasteiger partial charge is 0.481 e. The number of imidazole rings is 2. The number of aliphatic imine (C=N–C) groups is 2. The molecule has 0 unspecified atom stereocenters. The van der Waals surface area contributed by atoms with Gasteiger partial charge in [0.05, 0.1) is 24.8 Å². The monoisotopic (exact) mass is 1790 g/mol. The number of carbonyl (C=O) groups excluding carboxylic acids is 14. The summed E-state index contributed by atoms with van der Waals surface area (Å²) >= 11 is 0. The fourth-order valence-corrected chi connectivity index (χ4v) is 12.9. The van der Waals surface area contributed by atoms with Gasteiger partial charge < -0.3 is 140 Å². The zero-order valence-electron chi connectivity index (χ0n) is 73.7. The summed E-state index contributed by atoms with van der Waals surface area (Å²) in [6, 6.07) is -21.5. The standard InChI is InChI=1S/C79H136N26O21/c1-12-43(10)62(104-69(117)48(17-13-14-26-80)94-73(121)57(33-45-35-87-37-91-45)101-66(114)49(18-15-27-89-78(83)84)93-67(115)52(21-24-60(108)109)97-76(124)63(44(11)106)105-64(112)47(81)29-39(2)3)75(123)103-56(32-42(8)9)72(120)102-58(34-46-36-88-38-92-46)74(122)95-50(19-16-28-90-79(85)86)65(113)99-55(31-41(6)7)71(119)100-54(30-40(4)5)70(118)96-51(20-23-59(82)107)68(116)98-53(77(125)126)22-25-61(110)111/h35-44,47-58,62-63,106H,12-34,80-81H2,1-11H3,(H2,82,107)(H,87,91)(H,88,92)(H,93,115)(H,94,121)(H,95,122)(H,96,118)(H,97,124)(H,98,116)(H,99,113)(H,100,119)(H,101,114)(H,102,120)(H,103,123)(H,104,117)(H,105,112)(H,108,109)(H,110,111)(H,125,126)(H4,83,84,89)(H4,85,86,90)/t43-,44+,47-,48-,49-,50-,51-,52-,53-,54-,55-,56-,57-,58-,62-,63-/m0/s1. The van der Waals surface area contributed by atoms with Crippen LogP contribution in [0.4, 0.5) is 0 Å². The van der Waals surface area contributed by atoms with E-state index in [1.807, 2.05) is 0 Å². The number of aliphatic hydroxyl groups excluding tert-OH is 1. The molecule has 0 saturated carbocycles. The first-order valence-electron chi connectivity index (χ1n) is 42.3. The van der Waals surface area contributed by atoms with E-state index in [4.69, 9.17) is 40.1 Å². The van der Waals surface area contributed by atoms with E-state index >= 15 is 4.79 Å². The van der Waals surface area contributed by atoms with Gasteiger partial charge in [-0.1, -0.05) is 75.7 Å². The highest BCUT2D eigenvalue weighted by Gasteiger charge is 2.40. The molecule has 2 heterocycles. The SMILES string of the molecule is CC[C@H](C)[C@H](NC(=O)[C@H](CCCCN)NC(=O)[C@H](Cc1cnc[nH]1)NC(=O)[C@H](CCCN=C(N)N)NC(=O)[C@H](CCC(=O)O)NC(=O)[C@@H](NC(=O)[C@@H](N)CC(C)C)[C@@H](C)O)C(=O)N[C@@H](CC(C)C)C(=O)N[C@@H](Cc1cnc[nH]1)C(=O)N[C@@H](CCCN=C(N)N)C(=O)N[C@@H](CC(C)C)C(=O)N[C@@H](CC(C)C)C(=O)N[C@@H](CCC(N)=O)C(=O)N[C@@H](CCC(=O)O)C(=O)O. The second-order valence-electron chi connectivity index (χ2n) is 32.8. The molecule has 0 spiro atoms. The van der Waals surface area contributed by atoms with Crippen LogP contribution in [-0.4, -0.2) is 263 Å². The molecule has 47 nitrogen and oxygen atoms in total. The van der Waals surface area contributed by atoms with Gasteiger partial charge in [0, 0.05) is 69.0 Å². The molecule has 0 saturated heterocycles. The van der Waals surface area contributed by atoms with Gasteiger partial charge in [-0.15, -0.1) is 0 Å². The first kappa shape index (κ1) is 110. The van der Waals surface area contributed by atoms with Crippen molar-refractivity contribution in [1.82, 2.24) is 89.1 Å². The minimum Gasteiger partial charge on any atom is -0.481 e. The first-order valence-corrected chi connectivity index (χ1v) is 42.3. The summed E-state index contributed by atoms with van der Waals surface area (Å²) in [7, 11) is 0. The minimum atomic E-state index is -1.73. The number of hydrogen-bond donors (Lipinski definition) is 26. The van der Waals surface area contributed by atoms with E-state index in [2.05, 4.69) is 99.0 Å². The number of aromatic amines is 2. The normalized spacial score (nSPS) is 15.1. The number of rotatable bonds is 63. The quantitative estimate of drug-likeness (QED) is 0.0167. The average molecular weight is 1790 g/mol. The Labute approximate surface area is 731 Å². The van der Waals surface area contributed by atoms with E-state index in [1.54, 1.807) is 69.2 Å². The van der Waals surface area contributed by atoms with Gasteiger partial charge in [-0.3, -0.25) is 86.7 Å². The number of aliphatic hydroxyl groups is 1. The molecule has 708 valence electrons. The summed E-state index contributed by atoms with van der Waals surface area (Å²) in [5.41, 5.74) is 40.3. The Balaban J connectivity index is 2.69. The van der Waals surface area contributed by atoms with E-state index in [1.165, 1.54) is 32.0 Å². The molecule has 0 fully saturated rings. The maximum absolute atomic E-state index is 15.0. The Kier molecular flexibility index (Phi) is 50.0. The van der Waals surface area contributed by atoms with Gasteiger partial charge in [-0.05, 0) is 133 Å². The summed E-state index contributed by atoms with van der Waals surface area (Å²) < 4.78 is 0. The second kappa shape index (κ2) is 57.4. The summed E-state index contributed by atoms with van der Waals surface area (Å²) in [5, 5.41) is 72.8. The van der Waals surface area contributed by atoms with Crippen molar-refractivity contribution >= 4 is 113 Å². The number of nitrogens with one attached hydrogen (secondary N) is 15. The van der Waals surface area contributed by atoms with Crippen LogP contribution in [0, 0.1) is 29.6 Å². The molecule has 0 radical (unpaired) electrons. The number of unbranched alkanes of at least 4 members (excludes halogenated alkanes) is 1. The van der Waals surface area contributed by atoms with Gasteiger partial charge in [0.2, 0.25) is 82.7 Å². The number of carboxylic acid groups (broad SMARTS) is 3. The number of primary amides is 1. The number of aliphatic carboxylic acids is 3. The molecular weight excluding hydrogens is 1650 g/mol. The number of carboxylic acids is 3. The zero-order valence-corrected chi connectivity index (χ0v) is 73.7. The summed E-state index contributed by atoms with van der Waals surface area (Å²) in [6.07, 6.45) is -0.126. The Bertz CT molecular complexity index is 3930. The van der Waals surface area contributed by atoms with Crippen LogP contribution < -0.4 is 109 Å². The van der Waals surface area contributed by atoms with Gasteiger partial charge in [0.15, 0.2) is 11.9 Å². The summed E-state index contributed by atoms with van der Waals surface area (Å²) in [5.74, 6) is -20.3. The number of H-pyrrole nitrogens is 2. The highest BCUT2D eigenvalue weighted by atomic mass is 16.4. The van der Waals surface area contributed by atoms with E-state index < -0.39 is 236 Å². The molecule has 2 aromatic rings. The Morgan fingerprint density at radius 2 is 0.675 bits per heavy atom. The van der Waals surface area contributed by atoms with Gasteiger partial charge in [0.25, 0.3) is 0 Å². The molecule has 2 aromatic heterocycles. The van der Waals surface area contributed by atoms with Crippen molar-refractivity contribution < 1.29 is 102 Å². The number of carbonyl (C=O) groups is 17. The molecule has 33 N–H and O–H groups in total. The van der Waals surface area contributed by atoms with Crippen molar-refractivity contribution in [2.75, 3.05) is 19.6 Å². The third-order valence-corrected chi connectivity index (χ3v) is 19.8. The van der Waals surface area contributed by atoms with E-state index in [0.29, 0.717) is 12.1 Å². The third-order valence-electron chi connectivity index (χ3n) is 19.8. The molecule has 126 heavy (non-hydrogen) atoms. The molecule has 14 amide bonds. The number of guanidine groups is 2. The smallest absolute Gasteiger partial charge is 0.326 e. The van der Waals surface area contributed by atoms with E-state index in [-0.39, 0.29) is 144 Å². The van der Waals surface area contributed by atoms with Crippen LogP contribution in [0.25, 0.3) is 0 Å². The van der Waals surface area contributed by atoms with Crippen molar-refractivity contribution in [2.45, 2.75) is 295 Å². The van der Waals surface area contributed by atoms with Crippen molar-refractivity contribution in [2.24, 2.45) is 79.7 Å². The van der Waals surface area contributed by atoms with Crippen molar-refractivity contribution in [1.29, 1.82) is 0 Å². The first-order chi connectivity index (χ1) is 59.2. The topological polar surface area (TPSA) is 792 Å². The Morgan fingerprint density at radius 1 is 0.373 bits per heavy atom. The van der Waals surface area contributed by atoms with Crippen LogP contribution >= 0.6 is 0 Å². The number of amides is 14. The summed E-state index contributed by atoms with van der Waals surface area (Å²) in [6.45, 7) is 18.5. The van der Waals surface area contributed by atoms with Crippen molar-refractivity contribution in [3.8, 4) is 0 Å². The van der Waals surface area contributed by atoms with Crippen LogP contribution in [-0.2, 0) is 94.3 Å². The van der Waals surface area contributed by atoms with E-state index in [0.717, 1.165) is 0 Å². The predicted octanol–water partition coefficient (Wildman–Crippen LogP) is -5.53. The number of nitrogens with two attached hydrogens (primary N) is 7. The van der Waals surface area contributed by atoms with Crippen LogP contribution in [0.2, 0.25) is 0 Å². The summed E-state index contributed by atoms with van der Waals surface area (Å²) in [4.78, 5) is 257. The van der Waals surface area contributed by atoms with Gasteiger partial charge in [-0.2, -0.15) is 0 Å². The lowest BCUT2D eigenvalue weighted by Gasteiger charge is -2.30. The molecule has 0 aliphatic carbocycles. The highest BCUT2D eigenvalue weighted by molar-refractivity contribution is 6.01. The maximum Gasteiger partial charge on any atom is 0.326 e. The lowest BCUT2D eigenvalue weighted by atomic mass is 9.96. The van der Waals surface area contributed by atoms with Crippen molar-refractivity contribution in [3.63, 3.8) is 0 Å². The van der Waals surface area contributed by atoms with Gasteiger partial charge in [-0.25, -0.2) is 14.8 Å². The molecule has 0 aliphatic rings. The Hall–Kier alpha value is -12.2. The third kappa shape index (κ3) is 43.4. The Morgan fingerprint density at radius 3 is 1.01 bits per heavy atom. The predicted molar refractivity (Wildman–Crippen MR) is 459 cm³/mol. The molecule has 0 bridgehead atoms. The molecule has 47 heteroatoms. The molecule has 0 aliphatic heterocycles. The highest BCUT2D eigenvalue weighted by Crippen LogP contribution is 2.18. The molecule has 16 atom stereocenters. The van der Waals surface area contributed by atoms with Crippen LogP contribution in [0.5, 0.6) is 0 Å². The molecular formula is C79H136N26O21. The lowest BCUT2D eigenvalue weighted by Crippen LogP contribution is -2.62. The van der Waals surface area contributed by atoms with Crippen LogP contribution in [0.1, 0.15) is 203 Å². The molecule has 0 aromatic carbocycles. The molecule has 2 rings (SSSR count). The van der Waals surface area contributed by atoms with E-state index in [9.17, 15) is 97.1 Å². The lowest BCUT2D eigenvalue weighted by molar-refractivity contribution is -0.144. The van der Waals surface area contributed by atoms with Gasteiger partial charge >= 0.3 is 17.9 Å². The van der Waals surface area contributed by atoms with Crippen LogP contribution in [0.3, 0.4) is 0 Å². The van der Waals surface area contributed by atoms with Gasteiger partial charge in [0.1, 0.15) is 78.5 Å². The van der Waals surface area contributed by atoms with Crippen molar-refractivity contribution in [3.05, 3.63) is 36.4 Å². The second-order valence-corrected chi connectivity index (χ2v) is 32.8. The fraction of sp³-hybridized carbons (Fsp3) is 0.684. The zero-order chi connectivity index (χ0) is 95.2. The number of hydrogen-bond acceptors (Lipinski definition) is 24. The number of aromatic nitrogens is 4. The van der Waals surface area contributed by atoms with Crippen LogP contribution in [0.15, 0.2) is 35.0 Å². The number of nitrogens with zero attached hydrogens (tertiary/aromatic N) is 4. The minimum absolute atomic E-state index is 0.00714.